The molecule has 1 aromatic heterocycles. The number of thiazole rings is 1. The van der Waals surface area contributed by atoms with E-state index in [1.54, 1.807) is 12.3 Å². The highest BCUT2D eigenvalue weighted by atomic mass is 35.5. The van der Waals surface area contributed by atoms with Gasteiger partial charge in [-0.1, -0.05) is 11.6 Å². The van der Waals surface area contributed by atoms with Crippen molar-refractivity contribution in [2.75, 3.05) is 43.5 Å². The number of anilines is 2. The summed E-state index contributed by atoms with van der Waals surface area (Å²) < 4.78 is 19.7. The quantitative estimate of drug-likeness (QED) is 0.190. The minimum absolute atomic E-state index is 0.137. The minimum Gasteiger partial charge on any atom is -0.384 e. The van der Waals surface area contributed by atoms with Gasteiger partial charge >= 0.3 is 0 Å². The Balaban J connectivity index is 1.28. The number of rotatable bonds is 13. The average Bonchev–Trinajstić information content (AvgIpc) is 3.45. The summed E-state index contributed by atoms with van der Waals surface area (Å²) in [7, 11) is 0. The molecule has 0 spiro atoms. The molecule has 11 heteroatoms. The Labute approximate surface area is 195 Å². The van der Waals surface area contributed by atoms with Crippen molar-refractivity contribution in [1.82, 2.24) is 15.6 Å². The van der Waals surface area contributed by atoms with Crippen LogP contribution in [0.2, 0.25) is 5.02 Å². The lowest BCUT2D eigenvalue weighted by molar-refractivity contribution is 0.407. The largest absolute Gasteiger partial charge is 0.384 e. The van der Waals surface area contributed by atoms with Gasteiger partial charge in [-0.25, -0.2) is 9.37 Å². The van der Waals surface area contributed by atoms with Crippen LogP contribution in [0.1, 0.15) is 19.3 Å². The molecule has 2 aromatic rings. The molecule has 0 amide bonds. The lowest BCUT2D eigenvalue weighted by Gasteiger charge is -2.12. The van der Waals surface area contributed by atoms with Crippen molar-refractivity contribution < 1.29 is 8.57 Å². The predicted octanol–water partition coefficient (Wildman–Crippen LogP) is 4.31. The number of nitrogens with zero attached hydrogens (tertiary/aromatic N) is 2. The zero-order chi connectivity index (χ0) is 21.9. The smallest absolute Gasteiger partial charge is 0.184 e. The van der Waals surface area contributed by atoms with Crippen molar-refractivity contribution in [3.05, 3.63) is 34.5 Å². The number of halogens is 2. The third-order valence-electron chi connectivity index (χ3n) is 4.78. The molecule has 0 aliphatic carbocycles. The first-order valence-electron chi connectivity index (χ1n) is 10.1. The molecule has 1 aromatic carbocycles. The van der Waals surface area contributed by atoms with Crippen molar-refractivity contribution >= 4 is 45.8 Å². The van der Waals surface area contributed by atoms with Crippen LogP contribution in [0.5, 0.6) is 0 Å². The number of unbranched alkanes of at least 4 members (excludes halogenated alkanes) is 1. The highest BCUT2D eigenvalue weighted by Gasteiger charge is 2.22. The number of nitrogens with one attached hydrogen (secondary N) is 4. The molecule has 1 aliphatic heterocycles. The van der Waals surface area contributed by atoms with Crippen LogP contribution >= 0.6 is 35.0 Å². The van der Waals surface area contributed by atoms with E-state index in [-0.39, 0.29) is 18.5 Å². The molecule has 1 aliphatic rings. The molecule has 7 nitrogen and oxygen atoms in total. The lowest BCUT2D eigenvalue weighted by Crippen LogP contribution is -2.34. The monoisotopic (exact) mass is 484 g/mol. The Kier molecular flexibility index (Phi) is 10.1. The Morgan fingerprint density at radius 2 is 2.23 bits per heavy atom. The zero-order valence-corrected chi connectivity index (χ0v) is 19.4. The van der Waals surface area contributed by atoms with Crippen molar-refractivity contribution in [2.24, 2.45) is 5.92 Å². The maximum absolute atomic E-state index is 14.3. The van der Waals surface area contributed by atoms with E-state index in [0.717, 1.165) is 56.1 Å². The van der Waals surface area contributed by atoms with E-state index in [1.165, 1.54) is 17.4 Å². The van der Waals surface area contributed by atoms with Crippen LogP contribution in [0.15, 0.2) is 28.6 Å². The standard InChI is InChI=1S/C20H26ClFN6OS2/c21-16-8-19(31-29-13-28-20-26-5-6-30-20)17(22)9-18(16)25-4-2-1-3-24-12-15-7-14(10-23)11-27-15/h5-6,8-9,14-15,24-25,27H,1-4,7,11-13H2,(H,26,28)/t14-,15-/m0/s1. The lowest BCUT2D eigenvalue weighted by atomic mass is 10.1. The summed E-state index contributed by atoms with van der Waals surface area (Å²) in [5.74, 6) is -0.245. The number of nitriles is 1. The Morgan fingerprint density at radius 3 is 3.00 bits per heavy atom. The fraction of sp³-hybridized carbons (Fsp3) is 0.500. The molecule has 168 valence electrons. The van der Waals surface area contributed by atoms with E-state index < -0.39 is 0 Å². The van der Waals surface area contributed by atoms with Gasteiger partial charge in [0.2, 0.25) is 0 Å². The number of benzene rings is 1. The SMILES string of the molecule is N#C[C@H]1CN[C@H](CNCCCCNc2cc(F)c(SOCNc3nccs3)cc2Cl)C1. The normalized spacial score (nSPS) is 18.1. The second-order valence-corrected chi connectivity index (χ2v) is 9.27. The van der Waals surface area contributed by atoms with Gasteiger partial charge in [-0.3, -0.25) is 4.18 Å². The van der Waals surface area contributed by atoms with Crippen LogP contribution < -0.4 is 21.3 Å². The third kappa shape index (κ3) is 8.11. The molecule has 2 heterocycles. The van der Waals surface area contributed by atoms with Crippen molar-refractivity contribution in [1.29, 1.82) is 5.26 Å². The molecule has 2 atom stereocenters. The van der Waals surface area contributed by atoms with E-state index >= 15 is 0 Å². The van der Waals surface area contributed by atoms with Crippen molar-refractivity contribution in [3.63, 3.8) is 0 Å². The maximum atomic E-state index is 14.3. The molecule has 0 radical (unpaired) electrons. The fourth-order valence-electron chi connectivity index (χ4n) is 3.17. The number of aromatic nitrogens is 1. The van der Waals surface area contributed by atoms with Gasteiger partial charge in [0.15, 0.2) is 5.13 Å². The third-order valence-corrected chi connectivity index (χ3v) is 6.55. The average molecular weight is 485 g/mol. The Morgan fingerprint density at radius 1 is 1.35 bits per heavy atom. The van der Waals surface area contributed by atoms with Crippen LogP contribution in [0.25, 0.3) is 0 Å². The first kappa shape index (κ1) is 24.0. The van der Waals surface area contributed by atoms with Crippen molar-refractivity contribution in [2.45, 2.75) is 30.2 Å². The van der Waals surface area contributed by atoms with Gasteiger partial charge in [-0.05, 0) is 37.9 Å². The molecule has 3 rings (SSSR count). The maximum Gasteiger partial charge on any atom is 0.184 e. The molecule has 1 fully saturated rings. The van der Waals surface area contributed by atoms with E-state index in [9.17, 15) is 4.39 Å². The minimum atomic E-state index is -0.382. The second kappa shape index (κ2) is 13.1. The predicted molar refractivity (Wildman–Crippen MR) is 125 cm³/mol. The van der Waals surface area contributed by atoms with Crippen LogP contribution in [-0.2, 0) is 4.18 Å². The number of hydrogen-bond donors (Lipinski definition) is 4. The van der Waals surface area contributed by atoms with Gasteiger partial charge in [0.05, 0.1) is 27.6 Å². The van der Waals surface area contributed by atoms with Crippen LogP contribution in [0, 0.1) is 23.1 Å². The van der Waals surface area contributed by atoms with Gasteiger partial charge in [0, 0.05) is 49.3 Å². The number of hydrogen-bond acceptors (Lipinski definition) is 9. The second-order valence-electron chi connectivity index (χ2n) is 7.13. The summed E-state index contributed by atoms with van der Waals surface area (Å²) in [6, 6.07) is 5.66. The first-order valence-corrected chi connectivity index (χ1v) is 12.1. The summed E-state index contributed by atoms with van der Waals surface area (Å²) in [6.45, 7) is 3.49. The highest BCUT2D eigenvalue weighted by molar-refractivity contribution is 7.94. The van der Waals surface area contributed by atoms with Crippen LogP contribution in [-0.4, -0.2) is 43.9 Å². The van der Waals surface area contributed by atoms with Gasteiger partial charge in [-0.15, -0.1) is 11.3 Å². The molecule has 4 N–H and O–H groups in total. The van der Waals surface area contributed by atoms with Gasteiger partial charge in [0.25, 0.3) is 0 Å². The van der Waals surface area contributed by atoms with E-state index in [0.29, 0.717) is 28.2 Å². The van der Waals surface area contributed by atoms with Gasteiger partial charge < -0.3 is 21.3 Å². The van der Waals surface area contributed by atoms with Gasteiger partial charge in [0.1, 0.15) is 12.5 Å². The molecular weight excluding hydrogens is 459 g/mol. The summed E-state index contributed by atoms with van der Waals surface area (Å²) in [5.41, 5.74) is 0.579. The molecule has 1 saturated heterocycles. The highest BCUT2D eigenvalue weighted by Crippen LogP contribution is 2.31. The molecule has 31 heavy (non-hydrogen) atoms. The topological polar surface area (TPSA) is 94.0 Å². The van der Waals surface area contributed by atoms with Gasteiger partial charge in [-0.2, -0.15) is 5.26 Å². The summed E-state index contributed by atoms with van der Waals surface area (Å²) >= 11 is 8.69. The van der Waals surface area contributed by atoms with E-state index in [2.05, 4.69) is 32.3 Å². The van der Waals surface area contributed by atoms with Crippen LogP contribution in [0.4, 0.5) is 15.2 Å². The molecule has 0 unspecified atom stereocenters. The molecular formula is C20H26ClFN6OS2. The van der Waals surface area contributed by atoms with E-state index in [1.807, 2.05) is 5.38 Å². The molecule has 0 saturated carbocycles. The van der Waals surface area contributed by atoms with Crippen LogP contribution in [0.3, 0.4) is 0 Å². The summed E-state index contributed by atoms with van der Waals surface area (Å²) in [5, 5.41) is 24.9. The summed E-state index contributed by atoms with van der Waals surface area (Å²) in [6.07, 6.45) is 4.54. The zero-order valence-electron chi connectivity index (χ0n) is 17.0. The van der Waals surface area contributed by atoms with Crippen molar-refractivity contribution in [3.8, 4) is 6.07 Å². The summed E-state index contributed by atoms with van der Waals surface area (Å²) in [4.78, 5) is 4.41. The Hall–Kier alpha value is -1.61. The fourth-order valence-corrected chi connectivity index (χ4v) is 4.53. The van der Waals surface area contributed by atoms with E-state index in [4.69, 9.17) is 21.0 Å². The Bertz CT molecular complexity index is 851. The first-order chi connectivity index (χ1) is 15.2. The molecule has 0 bridgehead atoms.